The number of para-hydroxylation sites is 1. The summed E-state index contributed by atoms with van der Waals surface area (Å²) in [7, 11) is 0. The van der Waals surface area contributed by atoms with Crippen LogP contribution in [0.25, 0.3) is 16.9 Å². The number of carbonyl (C=O) groups is 1. The predicted molar refractivity (Wildman–Crippen MR) is 111 cm³/mol. The summed E-state index contributed by atoms with van der Waals surface area (Å²) in [5.74, 6) is -2.51. The summed E-state index contributed by atoms with van der Waals surface area (Å²) in [5, 5.41) is 15.7. The van der Waals surface area contributed by atoms with Crippen LogP contribution in [0.3, 0.4) is 0 Å². The van der Waals surface area contributed by atoms with Crippen molar-refractivity contribution in [1.82, 2.24) is 14.8 Å². The van der Waals surface area contributed by atoms with Gasteiger partial charge in [0.1, 0.15) is 29.2 Å². The van der Waals surface area contributed by atoms with Gasteiger partial charge in [0, 0.05) is 17.8 Å². The molecule has 0 bridgehead atoms. The molecular weight excluding hydrogens is 424 g/mol. The van der Waals surface area contributed by atoms with E-state index in [2.05, 4.69) is 15.4 Å². The first kappa shape index (κ1) is 20.2. The monoisotopic (exact) mass is 435 g/mol. The molecule has 0 radical (unpaired) electrons. The molecule has 6 nitrogen and oxygen atoms in total. The highest BCUT2D eigenvalue weighted by molar-refractivity contribution is 6.34. The number of carbonyl (C=O) groups excluding carboxylic acids is 1. The lowest BCUT2D eigenvalue weighted by Crippen LogP contribution is -2.17. The summed E-state index contributed by atoms with van der Waals surface area (Å²) in [6.07, 6.45) is 1.31. The number of aromatic nitrogens is 3. The van der Waals surface area contributed by atoms with Crippen LogP contribution < -0.4 is 5.32 Å². The Bertz CT molecular complexity index is 1330. The minimum Gasteiger partial charge on any atom is -0.306 e. The van der Waals surface area contributed by atoms with Crippen molar-refractivity contribution < 1.29 is 13.6 Å². The van der Waals surface area contributed by atoms with Gasteiger partial charge in [-0.3, -0.25) is 9.78 Å². The number of anilines is 1. The first-order valence-electron chi connectivity index (χ1n) is 8.95. The molecule has 1 N–H and O–H groups in total. The quantitative estimate of drug-likeness (QED) is 0.489. The maximum Gasteiger partial charge on any atom is 0.261 e. The van der Waals surface area contributed by atoms with Gasteiger partial charge in [0.25, 0.3) is 5.91 Å². The molecule has 0 aliphatic rings. The lowest BCUT2D eigenvalue weighted by molar-refractivity contribution is 0.102. The molecule has 0 atom stereocenters. The van der Waals surface area contributed by atoms with Crippen molar-refractivity contribution in [3.63, 3.8) is 0 Å². The van der Waals surface area contributed by atoms with E-state index in [0.717, 1.165) is 6.07 Å². The van der Waals surface area contributed by atoms with Gasteiger partial charge in [-0.05, 0) is 36.4 Å². The summed E-state index contributed by atoms with van der Waals surface area (Å²) in [4.78, 5) is 16.8. The number of hydrogen-bond donors (Lipinski definition) is 1. The fourth-order valence-electron chi connectivity index (χ4n) is 3.00. The molecule has 4 rings (SSSR count). The van der Waals surface area contributed by atoms with Crippen LogP contribution in [-0.4, -0.2) is 20.7 Å². The fraction of sp³-hybridized carbons (Fsp3) is 0. The van der Waals surface area contributed by atoms with Crippen molar-refractivity contribution >= 4 is 23.3 Å². The Balaban J connectivity index is 1.76. The van der Waals surface area contributed by atoms with Gasteiger partial charge in [0.05, 0.1) is 16.3 Å². The Hall–Kier alpha value is -4.09. The molecular formula is C22H12ClF2N5O. The molecule has 0 saturated heterocycles. The first-order valence-corrected chi connectivity index (χ1v) is 9.33. The van der Waals surface area contributed by atoms with Gasteiger partial charge in [-0.1, -0.05) is 29.8 Å². The zero-order chi connectivity index (χ0) is 22.0. The lowest BCUT2D eigenvalue weighted by Gasteiger charge is -2.12. The molecule has 0 unspecified atom stereocenters. The predicted octanol–water partition coefficient (Wildman–Crippen LogP) is 4.99. The van der Waals surface area contributed by atoms with Gasteiger partial charge < -0.3 is 5.32 Å². The number of nitrogens with one attached hydrogen (secondary N) is 1. The van der Waals surface area contributed by atoms with Gasteiger partial charge in [-0.2, -0.15) is 10.4 Å². The molecule has 0 fully saturated rings. The summed E-state index contributed by atoms with van der Waals surface area (Å²) in [5.41, 5.74) is -0.303. The Labute approximate surface area is 180 Å². The molecule has 0 aliphatic carbocycles. The molecule has 0 aliphatic heterocycles. The van der Waals surface area contributed by atoms with Crippen molar-refractivity contribution in [2.75, 3.05) is 5.32 Å². The van der Waals surface area contributed by atoms with E-state index < -0.39 is 23.1 Å². The molecule has 2 heterocycles. The molecule has 1 amide bonds. The number of nitrogens with zero attached hydrogens (tertiary/aromatic N) is 4. The van der Waals surface area contributed by atoms with E-state index in [1.165, 1.54) is 35.1 Å². The number of pyridine rings is 1. The van der Waals surface area contributed by atoms with Crippen molar-refractivity contribution in [3.05, 3.63) is 94.8 Å². The number of rotatable bonds is 4. The van der Waals surface area contributed by atoms with E-state index in [0.29, 0.717) is 5.69 Å². The second-order valence-corrected chi connectivity index (χ2v) is 6.75. The Morgan fingerprint density at radius 2 is 1.87 bits per heavy atom. The standard InChI is InChI=1S/C22H12ClF2N5O/c23-16-9-8-15(21-17(24)7-4-10-27-21)20(25)19(16)22(31)28-18-11-13(12-26)29-30(18)14-5-2-1-3-6-14/h1-11H,(H,28,31). The molecule has 2 aromatic heterocycles. The number of amides is 1. The van der Waals surface area contributed by atoms with E-state index >= 15 is 4.39 Å². The zero-order valence-corrected chi connectivity index (χ0v) is 16.4. The third-order valence-corrected chi connectivity index (χ3v) is 4.71. The maximum absolute atomic E-state index is 15.2. The van der Waals surface area contributed by atoms with Crippen molar-refractivity contribution in [3.8, 4) is 23.0 Å². The highest BCUT2D eigenvalue weighted by Gasteiger charge is 2.23. The number of nitriles is 1. The van der Waals surface area contributed by atoms with Crippen molar-refractivity contribution in [2.24, 2.45) is 0 Å². The molecule has 9 heteroatoms. The van der Waals surface area contributed by atoms with Gasteiger partial charge in [-0.15, -0.1) is 0 Å². The molecule has 0 spiro atoms. The first-order chi connectivity index (χ1) is 15.0. The van der Waals surface area contributed by atoms with Gasteiger partial charge in [-0.25, -0.2) is 13.5 Å². The van der Waals surface area contributed by atoms with Crippen LogP contribution in [0.15, 0.2) is 66.9 Å². The van der Waals surface area contributed by atoms with Crippen LogP contribution in [0.4, 0.5) is 14.6 Å². The van der Waals surface area contributed by atoms with Crippen molar-refractivity contribution in [2.45, 2.75) is 0 Å². The van der Waals surface area contributed by atoms with Gasteiger partial charge >= 0.3 is 0 Å². The van der Waals surface area contributed by atoms with Gasteiger partial charge in [0.2, 0.25) is 0 Å². The van der Waals surface area contributed by atoms with Crippen LogP contribution in [-0.2, 0) is 0 Å². The molecule has 152 valence electrons. The van der Waals surface area contributed by atoms with Crippen LogP contribution in [0.5, 0.6) is 0 Å². The number of benzene rings is 2. The van der Waals surface area contributed by atoms with E-state index in [-0.39, 0.29) is 27.8 Å². The van der Waals surface area contributed by atoms with Crippen LogP contribution in [0.2, 0.25) is 5.02 Å². The number of halogens is 3. The molecule has 2 aromatic carbocycles. The van der Waals surface area contributed by atoms with E-state index in [1.54, 1.807) is 30.3 Å². The third-order valence-electron chi connectivity index (χ3n) is 4.40. The zero-order valence-electron chi connectivity index (χ0n) is 15.7. The lowest BCUT2D eigenvalue weighted by atomic mass is 10.0. The smallest absolute Gasteiger partial charge is 0.261 e. The van der Waals surface area contributed by atoms with Crippen LogP contribution >= 0.6 is 11.6 Å². The SMILES string of the molecule is N#Cc1cc(NC(=O)c2c(Cl)ccc(-c3ncccc3F)c2F)n(-c2ccccc2)n1. The third kappa shape index (κ3) is 3.86. The molecule has 0 saturated carbocycles. The maximum atomic E-state index is 15.2. The number of hydrogen-bond acceptors (Lipinski definition) is 4. The Morgan fingerprint density at radius 3 is 2.58 bits per heavy atom. The normalized spacial score (nSPS) is 10.5. The van der Waals surface area contributed by atoms with E-state index in [1.807, 2.05) is 6.07 Å². The average Bonchev–Trinajstić information content (AvgIpc) is 3.18. The summed E-state index contributed by atoms with van der Waals surface area (Å²) < 4.78 is 30.7. The Morgan fingerprint density at radius 1 is 1.10 bits per heavy atom. The highest BCUT2D eigenvalue weighted by Crippen LogP contribution is 2.30. The van der Waals surface area contributed by atoms with Crippen LogP contribution in [0.1, 0.15) is 16.1 Å². The Kier molecular flexibility index (Phi) is 5.43. The van der Waals surface area contributed by atoms with Crippen LogP contribution in [0, 0.1) is 23.0 Å². The minimum absolute atomic E-state index is 0.0510. The summed E-state index contributed by atoms with van der Waals surface area (Å²) >= 11 is 6.09. The average molecular weight is 436 g/mol. The topological polar surface area (TPSA) is 83.6 Å². The second kappa shape index (κ2) is 8.34. The molecule has 31 heavy (non-hydrogen) atoms. The summed E-state index contributed by atoms with van der Waals surface area (Å²) in [6.45, 7) is 0. The van der Waals surface area contributed by atoms with E-state index in [9.17, 15) is 14.4 Å². The minimum atomic E-state index is -1.02. The highest BCUT2D eigenvalue weighted by atomic mass is 35.5. The second-order valence-electron chi connectivity index (χ2n) is 6.35. The van der Waals surface area contributed by atoms with Gasteiger partial charge in [0.15, 0.2) is 5.69 Å². The fourth-order valence-corrected chi connectivity index (χ4v) is 3.23. The van der Waals surface area contributed by atoms with E-state index in [4.69, 9.17) is 11.6 Å². The molecule has 4 aromatic rings. The largest absolute Gasteiger partial charge is 0.306 e. The van der Waals surface area contributed by atoms with Crippen molar-refractivity contribution in [1.29, 1.82) is 5.26 Å². The summed E-state index contributed by atoms with van der Waals surface area (Å²) in [6, 6.07) is 17.1.